The Kier molecular flexibility index (Phi) is 37.5. The van der Waals surface area contributed by atoms with E-state index >= 15 is 0 Å². The molecule has 0 rings (SSSR count). The fraction of sp³-hybridized carbons (Fsp3) is 0.682. The van der Waals surface area contributed by atoms with Crippen LogP contribution in [-0.4, -0.2) is 92.8 Å². The second-order valence-corrected chi connectivity index (χ2v) is 17.3. The van der Waals surface area contributed by atoms with Crippen molar-refractivity contribution < 1.29 is 71.8 Å². The van der Waals surface area contributed by atoms with E-state index in [2.05, 4.69) is 71.5 Å². The molecule has 352 valence electrons. The molecule has 0 aromatic heterocycles. The number of rotatable bonds is 40. The summed E-state index contributed by atoms with van der Waals surface area (Å²) in [4.78, 5) is 52.7. The van der Waals surface area contributed by atoms with Crippen LogP contribution in [0.3, 0.4) is 0 Å². The molecule has 0 amide bonds. The highest BCUT2D eigenvalue weighted by Crippen LogP contribution is 2.43. The zero-order valence-corrected chi connectivity index (χ0v) is 38.2. The summed E-state index contributed by atoms with van der Waals surface area (Å²) in [5.74, 6) is -1.34. The highest BCUT2D eigenvalue weighted by molar-refractivity contribution is 7.47. The number of hydrogen-bond acceptors (Lipinski definition) is 12. The Morgan fingerprint density at radius 3 is 1.69 bits per heavy atom. The van der Waals surface area contributed by atoms with Crippen LogP contribution in [0, 0.1) is 0 Å². The third kappa shape index (κ3) is 41.3. The summed E-state index contributed by atoms with van der Waals surface area (Å²) in [6.45, 7) is 1.26. The lowest BCUT2D eigenvalue weighted by Gasteiger charge is -2.21. The Bertz CT molecular complexity index is 1390. The second kappa shape index (κ2) is 39.1. The minimum Gasteiger partial charge on any atom is -0.462 e. The van der Waals surface area contributed by atoms with Gasteiger partial charge in [-0.05, 0) is 77.0 Å². The number of phosphoric ester groups is 2. The van der Waals surface area contributed by atoms with Gasteiger partial charge in [-0.2, -0.15) is 0 Å². The number of hydrogen-bond donors (Lipinski definition) is 6. The molecule has 0 aliphatic rings. The first-order valence-electron chi connectivity index (χ1n) is 21.8. The smallest absolute Gasteiger partial charge is 0.462 e. The molecular weight excluding hydrogens is 830 g/mol. The Labute approximate surface area is 364 Å². The monoisotopic (exact) mass is 906 g/mol. The standard InChI is InChI=1S/C44H76O15P2/c1-3-5-7-9-11-13-15-17-18-19-21-23-25-27-29-33-43(48)55-37-40(38-58-61(53,54)57-36-39(45)35-56-60(50,51)52)59-44(49)34-30-32-42(47)41(46)31-28-26-24-22-20-16-14-12-10-8-6-4-2/h6,8,12-15,17-18,20,22,26,28,39-42,45-47H,3-5,7,9-11,16,19,21,23-25,27,29-38H2,1-2H3,(H,53,54)(H2,50,51,52)/b8-6-,14-12-,15-13-,18-17-,22-20-,28-26-/t39-,40+,41+,42+/m0/s1. The van der Waals surface area contributed by atoms with Crippen LogP contribution in [0.1, 0.15) is 142 Å². The van der Waals surface area contributed by atoms with Crippen molar-refractivity contribution in [1.82, 2.24) is 0 Å². The molecule has 0 aliphatic heterocycles. The number of allylic oxidation sites excluding steroid dienone is 11. The third-order valence-electron chi connectivity index (χ3n) is 8.80. The maximum Gasteiger partial charge on any atom is 0.472 e. The molecule has 1 unspecified atom stereocenters. The van der Waals surface area contributed by atoms with Crippen LogP contribution >= 0.6 is 15.6 Å². The van der Waals surface area contributed by atoms with Gasteiger partial charge in [0.25, 0.3) is 0 Å². The number of esters is 2. The summed E-state index contributed by atoms with van der Waals surface area (Å²) in [7, 11) is -9.80. The number of carbonyl (C=O) groups is 2. The molecule has 6 N–H and O–H groups in total. The highest BCUT2D eigenvalue weighted by Gasteiger charge is 2.28. The summed E-state index contributed by atoms with van der Waals surface area (Å²) in [5, 5.41) is 30.5. The largest absolute Gasteiger partial charge is 0.472 e. The molecule has 0 spiro atoms. The lowest BCUT2D eigenvalue weighted by Crippen LogP contribution is -2.30. The Balaban J connectivity index is 4.81. The summed E-state index contributed by atoms with van der Waals surface area (Å²) in [6, 6.07) is 0. The fourth-order valence-corrected chi connectivity index (χ4v) is 6.52. The molecule has 0 bridgehead atoms. The van der Waals surface area contributed by atoms with Crippen molar-refractivity contribution in [3.8, 4) is 0 Å². The Morgan fingerprint density at radius 2 is 1.08 bits per heavy atom. The normalized spacial score (nSPS) is 15.7. The van der Waals surface area contributed by atoms with Gasteiger partial charge in [0.05, 0.1) is 32.0 Å². The van der Waals surface area contributed by atoms with E-state index in [4.69, 9.17) is 23.8 Å². The number of aliphatic hydroxyl groups excluding tert-OH is 3. The van der Waals surface area contributed by atoms with Gasteiger partial charge >= 0.3 is 27.6 Å². The van der Waals surface area contributed by atoms with Gasteiger partial charge in [0.15, 0.2) is 6.10 Å². The Hall–Kier alpha value is -2.52. The molecule has 0 aromatic carbocycles. The highest BCUT2D eigenvalue weighted by atomic mass is 31.2. The van der Waals surface area contributed by atoms with E-state index in [1.807, 2.05) is 18.2 Å². The average Bonchev–Trinajstić information content (AvgIpc) is 3.21. The van der Waals surface area contributed by atoms with Crippen molar-refractivity contribution in [2.24, 2.45) is 0 Å². The molecule has 0 saturated heterocycles. The van der Waals surface area contributed by atoms with Crippen LogP contribution in [0.5, 0.6) is 0 Å². The van der Waals surface area contributed by atoms with Crippen molar-refractivity contribution in [2.75, 3.05) is 26.4 Å². The molecule has 0 heterocycles. The van der Waals surface area contributed by atoms with Crippen LogP contribution in [-0.2, 0) is 41.8 Å². The number of unbranched alkanes of at least 4 members (excludes halogenated alkanes) is 9. The van der Waals surface area contributed by atoms with Crippen LogP contribution in [0.4, 0.5) is 0 Å². The zero-order valence-electron chi connectivity index (χ0n) is 36.5. The fourth-order valence-electron chi connectivity index (χ4n) is 5.37. The van der Waals surface area contributed by atoms with Gasteiger partial charge < -0.3 is 39.5 Å². The molecule has 0 radical (unpaired) electrons. The van der Waals surface area contributed by atoms with Gasteiger partial charge in [0, 0.05) is 12.8 Å². The maximum atomic E-state index is 12.7. The molecule has 0 aliphatic carbocycles. The number of carbonyl (C=O) groups excluding carboxylic acids is 2. The molecule has 5 atom stereocenters. The predicted molar refractivity (Wildman–Crippen MR) is 237 cm³/mol. The minimum absolute atomic E-state index is 0.0843. The summed E-state index contributed by atoms with van der Waals surface area (Å²) < 4.78 is 47.5. The molecule has 0 aromatic rings. The van der Waals surface area contributed by atoms with Crippen molar-refractivity contribution in [2.45, 2.75) is 167 Å². The van der Waals surface area contributed by atoms with Gasteiger partial charge in [0.2, 0.25) is 0 Å². The summed E-state index contributed by atoms with van der Waals surface area (Å²) >= 11 is 0. The van der Waals surface area contributed by atoms with E-state index in [-0.39, 0.29) is 32.1 Å². The van der Waals surface area contributed by atoms with Crippen LogP contribution in [0.2, 0.25) is 0 Å². The predicted octanol–water partition coefficient (Wildman–Crippen LogP) is 8.95. The minimum atomic E-state index is -4.90. The van der Waals surface area contributed by atoms with Gasteiger partial charge in [0.1, 0.15) is 12.7 Å². The van der Waals surface area contributed by atoms with Gasteiger partial charge in [-0.15, -0.1) is 0 Å². The molecule has 17 heteroatoms. The summed E-state index contributed by atoms with van der Waals surface area (Å²) in [5.41, 5.74) is 0. The lowest BCUT2D eigenvalue weighted by atomic mass is 10.0. The third-order valence-corrected chi connectivity index (χ3v) is 10.2. The lowest BCUT2D eigenvalue weighted by molar-refractivity contribution is -0.161. The van der Waals surface area contributed by atoms with Crippen molar-refractivity contribution >= 4 is 27.6 Å². The first kappa shape index (κ1) is 58.5. The molecular formula is C44H76O15P2. The average molecular weight is 907 g/mol. The van der Waals surface area contributed by atoms with E-state index in [0.717, 1.165) is 57.8 Å². The van der Waals surface area contributed by atoms with Crippen molar-refractivity contribution in [3.05, 3.63) is 72.9 Å². The van der Waals surface area contributed by atoms with E-state index in [0.29, 0.717) is 12.8 Å². The zero-order chi connectivity index (χ0) is 45.5. The van der Waals surface area contributed by atoms with Crippen molar-refractivity contribution in [3.63, 3.8) is 0 Å². The van der Waals surface area contributed by atoms with Gasteiger partial charge in [-0.1, -0.05) is 125 Å². The van der Waals surface area contributed by atoms with E-state index in [1.54, 1.807) is 6.08 Å². The molecule has 0 saturated carbocycles. The van der Waals surface area contributed by atoms with Crippen LogP contribution < -0.4 is 0 Å². The number of ether oxygens (including phenoxy) is 2. The second-order valence-electron chi connectivity index (χ2n) is 14.6. The van der Waals surface area contributed by atoms with Crippen LogP contribution in [0.15, 0.2) is 72.9 Å². The van der Waals surface area contributed by atoms with Crippen LogP contribution in [0.25, 0.3) is 0 Å². The first-order valence-corrected chi connectivity index (χ1v) is 24.8. The number of phosphoric acid groups is 2. The first-order chi connectivity index (χ1) is 29.2. The molecule has 0 fully saturated rings. The molecule has 15 nitrogen and oxygen atoms in total. The van der Waals surface area contributed by atoms with E-state index < -0.39 is 78.4 Å². The van der Waals surface area contributed by atoms with E-state index in [1.165, 1.54) is 25.7 Å². The number of aliphatic hydroxyl groups is 3. The van der Waals surface area contributed by atoms with Crippen molar-refractivity contribution in [1.29, 1.82) is 0 Å². The Morgan fingerprint density at radius 1 is 0.557 bits per heavy atom. The quantitative estimate of drug-likeness (QED) is 0.0111. The SMILES string of the molecule is CC/C=C\C/C=C\C/C=C\C/C=C\C[C@@H](O)[C@H](O)CCCC(=O)O[C@H](COC(=O)CCCCCCC/C=C\C=C/CCCCCC)COP(=O)(O)OC[C@@H](O)COP(=O)(O)O. The van der Waals surface area contributed by atoms with E-state index in [9.17, 15) is 38.9 Å². The topological polar surface area (TPSA) is 236 Å². The van der Waals surface area contributed by atoms with Gasteiger partial charge in [-0.25, -0.2) is 9.13 Å². The molecule has 61 heavy (non-hydrogen) atoms. The maximum absolute atomic E-state index is 12.7. The van der Waals surface area contributed by atoms with Gasteiger partial charge in [-0.3, -0.25) is 23.2 Å². The summed E-state index contributed by atoms with van der Waals surface area (Å²) in [6.07, 6.45) is 34.9.